The molecule has 0 saturated carbocycles. The number of hydrogen-bond donors (Lipinski definition) is 1. The fourth-order valence-corrected chi connectivity index (χ4v) is 2.37. The highest BCUT2D eigenvalue weighted by atomic mass is 19.4. The Balaban J connectivity index is 1.97. The number of nitrogens with one attached hydrogen (secondary N) is 1. The van der Waals surface area contributed by atoms with Gasteiger partial charge in [-0.3, -0.25) is 0 Å². The van der Waals surface area contributed by atoms with Gasteiger partial charge in [0.25, 0.3) is 0 Å². The molecule has 3 rings (SSSR count). The molecule has 0 aromatic heterocycles. The Hall–Kier alpha value is -2.68. The number of ether oxygens (including phenoxy) is 1. The van der Waals surface area contributed by atoms with Crippen LogP contribution in [0.15, 0.2) is 48.5 Å². The lowest BCUT2D eigenvalue weighted by atomic mass is 10.00. The van der Waals surface area contributed by atoms with E-state index >= 15 is 0 Å². The van der Waals surface area contributed by atoms with Crippen LogP contribution in [0.5, 0.6) is 5.75 Å². The number of anilines is 1. The highest BCUT2D eigenvalue weighted by Gasteiger charge is 2.35. The average Bonchev–Trinajstić information content (AvgIpc) is 2.53. The summed E-state index contributed by atoms with van der Waals surface area (Å²) in [5.41, 5.74) is 0.179. The Morgan fingerprint density at radius 2 is 1.82 bits per heavy atom. The number of fused-ring (bicyclic) bond motifs is 1. The van der Waals surface area contributed by atoms with Gasteiger partial charge in [0.05, 0.1) is 17.3 Å². The maximum Gasteiger partial charge on any atom is 0.416 e. The van der Waals surface area contributed by atoms with Crippen LogP contribution in [0.3, 0.4) is 0 Å². The summed E-state index contributed by atoms with van der Waals surface area (Å²) in [7, 11) is 0. The maximum atomic E-state index is 12.7. The third-order valence-electron chi connectivity index (χ3n) is 3.44. The van der Waals surface area contributed by atoms with Crippen molar-refractivity contribution in [2.45, 2.75) is 18.3 Å². The molecule has 1 aliphatic rings. The number of hydrogen-bond acceptors (Lipinski definition) is 3. The van der Waals surface area contributed by atoms with Crippen LogP contribution < -0.4 is 10.1 Å². The molecule has 0 spiro atoms. The Morgan fingerprint density at radius 3 is 2.45 bits per heavy atom. The first-order valence-corrected chi connectivity index (χ1v) is 6.58. The van der Waals surface area contributed by atoms with E-state index in [2.05, 4.69) is 5.32 Å². The third kappa shape index (κ3) is 2.58. The van der Waals surface area contributed by atoms with E-state index < -0.39 is 23.9 Å². The maximum absolute atomic E-state index is 12.7. The van der Waals surface area contributed by atoms with Crippen LogP contribution in [-0.4, -0.2) is 6.04 Å². The molecule has 1 heterocycles. The zero-order valence-corrected chi connectivity index (χ0v) is 11.3. The lowest BCUT2D eigenvalue weighted by molar-refractivity contribution is -0.137. The molecular weight excluding hydrogens is 293 g/mol. The highest BCUT2D eigenvalue weighted by molar-refractivity contribution is 5.62. The topological polar surface area (TPSA) is 45.0 Å². The predicted octanol–water partition coefficient (Wildman–Crippen LogP) is 4.14. The van der Waals surface area contributed by atoms with Gasteiger partial charge in [0, 0.05) is 0 Å². The number of halogens is 3. The Kier molecular flexibility index (Phi) is 3.41. The Labute approximate surface area is 124 Å². The summed E-state index contributed by atoms with van der Waals surface area (Å²) >= 11 is 0. The molecule has 112 valence electrons. The van der Waals surface area contributed by atoms with Crippen molar-refractivity contribution in [2.24, 2.45) is 0 Å². The molecule has 0 fully saturated rings. The quantitative estimate of drug-likeness (QED) is 0.861. The molecular formula is C16H11F3N2O. The van der Waals surface area contributed by atoms with Crippen molar-refractivity contribution in [3.63, 3.8) is 0 Å². The van der Waals surface area contributed by atoms with Crippen molar-refractivity contribution in [2.75, 3.05) is 5.32 Å². The molecule has 1 aliphatic heterocycles. The molecule has 0 radical (unpaired) electrons. The van der Waals surface area contributed by atoms with Crippen molar-refractivity contribution in [1.29, 1.82) is 5.26 Å². The van der Waals surface area contributed by atoms with Gasteiger partial charge in [-0.15, -0.1) is 0 Å². The Morgan fingerprint density at radius 1 is 1.09 bits per heavy atom. The minimum Gasteiger partial charge on any atom is -0.480 e. The van der Waals surface area contributed by atoms with Crippen LogP contribution in [0.4, 0.5) is 18.9 Å². The van der Waals surface area contributed by atoms with Crippen molar-refractivity contribution < 1.29 is 17.9 Å². The average molecular weight is 304 g/mol. The summed E-state index contributed by atoms with van der Waals surface area (Å²) in [6.07, 6.45) is -5.01. The van der Waals surface area contributed by atoms with E-state index in [9.17, 15) is 18.4 Å². The van der Waals surface area contributed by atoms with Crippen LogP contribution in [0, 0.1) is 11.3 Å². The van der Waals surface area contributed by atoms with E-state index in [0.29, 0.717) is 5.75 Å². The summed E-state index contributed by atoms with van der Waals surface area (Å²) in [6, 6.07) is 13.6. The summed E-state index contributed by atoms with van der Waals surface area (Å²) in [6.45, 7) is 0. The molecule has 22 heavy (non-hydrogen) atoms. The second kappa shape index (κ2) is 5.26. The molecule has 2 aromatic rings. The van der Waals surface area contributed by atoms with Crippen LogP contribution >= 0.6 is 0 Å². The Bertz CT molecular complexity index is 722. The SMILES string of the molecule is N#CC1Nc2cc(C(F)(F)F)ccc2OC1c1ccccc1. The highest BCUT2D eigenvalue weighted by Crippen LogP contribution is 2.40. The van der Waals surface area contributed by atoms with Crippen molar-refractivity contribution in [1.82, 2.24) is 0 Å². The molecule has 0 aliphatic carbocycles. The van der Waals surface area contributed by atoms with Gasteiger partial charge < -0.3 is 10.1 Å². The molecule has 2 unspecified atom stereocenters. The number of nitriles is 1. The van der Waals surface area contributed by atoms with E-state index in [1.54, 1.807) is 0 Å². The number of nitrogens with zero attached hydrogens (tertiary/aromatic N) is 1. The molecule has 0 saturated heterocycles. The van der Waals surface area contributed by atoms with E-state index in [0.717, 1.165) is 17.7 Å². The first-order chi connectivity index (χ1) is 10.5. The molecule has 3 nitrogen and oxygen atoms in total. The number of alkyl halides is 3. The fraction of sp³-hybridized carbons (Fsp3) is 0.188. The van der Waals surface area contributed by atoms with Gasteiger partial charge >= 0.3 is 6.18 Å². The van der Waals surface area contributed by atoms with Crippen molar-refractivity contribution in [3.8, 4) is 11.8 Å². The molecule has 6 heteroatoms. The van der Waals surface area contributed by atoms with Crippen LogP contribution in [0.1, 0.15) is 17.2 Å². The fourth-order valence-electron chi connectivity index (χ4n) is 2.37. The minimum absolute atomic E-state index is 0.175. The second-order valence-electron chi connectivity index (χ2n) is 4.91. The zero-order valence-electron chi connectivity index (χ0n) is 11.3. The third-order valence-corrected chi connectivity index (χ3v) is 3.44. The standard InChI is InChI=1S/C16H11F3N2O/c17-16(18,19)11-6-7-14-12(8-11)21-13(9-20)15(22-14)10-4-2-1-3-5-10/h1-8,13,15,21H. The van der Waals surface area contributed by atoms with E-state index in [-0.39, 0.29) is 5.69 Å². The minimum atomic E-state index is -4.44. The van der Waals surface area contributed by atoms with Gasteiger partial charge in [0.2, 0.25) is 0 Å². The van der Waals surface area contributed by atoms with Crippen LogP contribution in [0.25, 0.3) is 0 Å². The monoisotopic (exact) mass is 304 g/mol. The summed E-state index contributed by atoms with van der Waals surface area (Å²) in [5, 5.41) is 12.1. The second-order valence-corrected chi connectivity index (χ2v) is 4.91. The lowest BCUT2D eigenvalue weighted by Gasteiger charge is -2.32. The largest absolute Gasteiger partial charge is 0.480 e. The number of rotatable bonds is 1. The van der Waals surface area contributed by atoms with Crippen molar-refractivity contribution >= 4 is 5.69 Å². The van der Waals surface area contributed by atoms with Gasteiger partial charge in [-0.1, -0.05) is 30.3 Å². The van der Waals surface area contributed by atoms with Gasteiger partial charge in [0.1, 0.15) is 5.75 Å². The molecule has 1 N–H and O–H groups in total. The molecule has 2 aromatic carbocycles. The van der Waals surface area contributed by atoms with Gasteiger partial charge in [0.15, 0.2) is 12.1 Å². The smallest absolute Gasteiger partial charge is 0.416 e. The normalized spacial score (nSPS) is 20.3. The summed E-state index contributed by atoms with van der Waals surface area (Å²) in [5.74, 6) is 0.299. The van der Waals surface area contributed by atoms with Crippen LogP contribution in [0.2, 0.25) is 0 Å². The van der Waals surface area contributed by atoms with E-state index in [4.69, 9.17) is 4.74 Å². The molecule has 0 bridgehead atoms. The van der Waals surface area contributed by atoms with Gasteiger partial charge in [-0.05, 0) is 23.8 Å². The lowest BCUT2D eigenvalue weighted by Crippen LogP contribution is -2.34. The molecule has 0 amide bonds. The number of benzene rings is 2. The summed E-state index contributed by atoms with van der Waals surface area (Å²) < 4.78 is 44.0. The van der Waals surface area contributed by atoms with E-state index in [1.807, 2.05) is 36.4 Å². The van der Waals surface area contributed by atoms with Crippen molar-refractivity contribution in [3.05, 3.63) is 59.7 Å². The van der Waals surface area contributed by atoms with Gasteiger partial charge in [-0.25, -0.2) is 0 Å². The van der Waals surface area contributed by atoms with E-state index in [1.165, 1.54) is 6.07 Å². The predicted molar refractivity (Wildman–Crippen MR) is 74.3 cm³/mol. The first kappa shape index (κ1) is 14.3. The first-order valence-electron chi connectivity index (χ1n) is 6.58. The van der Waals surface area contributed by atoms with Gasteiger partial charge in [-0.2, -0.15) is 18.4 Å². The summed E-state index contributed by atoms with van der Waals surface area (Å²) in [4.78, 5) is 0. The molecule has 2 atom stereocenters. The zero-order chi connectivity index (χ0) is 15.7. The van der Waals surface area contributed by atoms with Crippen LogP contribution in [-0.2, 0) is 6.18 Å².